The molecule has 0 fully saturated rings. The molecule has 0 saturated heterocycles. The molecule has 1 aromatic heterocycles. The first-order valence-corrected chi connectivity index (χ1v) is 5.29. The summed E-state index contributed by atoms with van der Waals surface area (Å²) in [7, 11) is 0. The van der Waals surface area contributed by atoms with Crippen molar-refractivity contribution < 1.29 is 9.84 Å². The smallest absolute Gasteiger partial charge is 0.330 e. The van der Waals surface area contributed by atoms with Crippen molar-refractivity contribution in [1.29, 1.82) is 0 Å². The Morgan fingerprint density at radius 3 is 2.94 bits per heavy atom. The molecule has 18 heavy (non-hydrogen) atoms. The van der Waals surface area contributed by atoms with Crippen LogP contribution in [0.3, 0.4) is 0 Å². The monoisotopic (exact) mass is 248 g/mol. The van der Waals surface area contributed by atoms with Crippen LogP contribution in [0, 0.1) is 19.3 Å². The van der Waals surface area contributed by atoms with Gasteiger partial charge in [-0.05, 0) is 19.1 Å². The summed E-state index contributed by atoms with van der Waals surface area (Å²) in [5.41, 5.74) is -1.86. The molecule has 2 rings (SSSR count). The van der Waals surface area contributed by atoms with Crippen molar-refractivity contribution in [1.82, 2.24) is 9.55 Å². The minimum absolute atomic E-state index is 0.381. The molecule has 1 aromatic rings. The van der Waals surface area contributed by atoms with Gasteiger partial charge in [0.2, 0.25) is 0 Å². The summed E-state index contributed by atoms with van der Waals surface area (Å²) >= 11 is 0. The lowest BCUT2D eigenvalue weighted by Crippen LogP contribution is -2.36. The van der Waals surface area contributed by atoms with Crippen LogP contribution >= 0.6 is 0 Å². The Balaban J connectivity index is 2.41. The fraction of sp³-hybridized carbons (Fsp3) is 0.333. The summed E-state index contributed by atoms with van der Waals surface area (Å²) < 4.78 is 6.66. The molecule has 0 aromatic carbocycles. The minimum atomic E-state index is -1.21. The zero-order valence-corrected chi connectivity index (χ0v) is 9.71. The second-order valence-corrected chi connectivity index (χ2v) is 4.04. The standard InChI is InChI=1S/C12H12N2O4/c1-3-12(7-15)5-4-9(18-12)14-6-8(2)10(16)13-11(14)17/h1,4-6,9,15H,7H2,2H3,(H,13,16,17)/t9-,12?/m0/s1. The third-order valence-electron chi connectivity index (χ3n) is 2.76. The van der Waals surface area contributed by atoms with Crippen LogP contribution in [0.15, 0.2) is 27.9 Å². The molecule has 2 atom stereocenters. The highest BCUT2D eigenvalue weighted by molar-refractivity contribution is 5.25. The van der Waals surface area contributed by atoms with Crippen LogP contribution in [-0.2, 0) is 4.74 Å². The zero-order valence-electron chi connectivity index (χ0n) is 9.71. The summed E-state index contributed by atoms with van der Waals surface area (Å²) in [4.78, 5) is 25.1. The predicted molar refractivity (Wildman–Crippen MR) is 64.0 cm³/mol. The van der Waals surface area contributed by atoms with Crippen LogP contribution in [0.1, 0.15) is 11.8 Å². The first-order valence-electron chi connectivity index (χ1n) is 5.29. The minimum Gasteiger partial charge on any atom is -0.392 e. The molecule has 2 N–H and O–H groups in total. The van der Waals surface area contributed by atoms with Crippen molar-refractivity contribution in [2.45, 2.75) is 18.8 Å². The number of aryl methyl sites for hydroxylation is 1. The maximum absolute atomic E-state index is 11.6. The molecule has 0 aliphatic carbocycles. The SMILES string of the molecule is C#CC1(CO)C=C[C@@H](n2cc(C)c(=O)[nH]c2=O)O1. The summed E-state index contributed by atoms with van der Waals surface area (Å²) in [5, 5.41) is 9.19. The quantitative estimate of drug-likeness (QED) is 0.535. The van der Waals surface area contributed by atoms with Crippen LogP contribution < -0.4 is 11.2 Å². The average molecular weight is 248 g/mol. The topological polar surface area (TPSA) is 84.3 Å². The van der Waals surface area contributed by atoms with Gasteiger partial charge < -0.3 is 9.84 Å². The molecular weight excluding hydrogens is 236 g/mol. The number of aromatic nitrogens is 2. The van der Waals surface area contributed by atoms with Gasteiger partial charge in [-0.2, -0.15) is 0 Å². The number of rotatable bonds is 2. The van der Waals surface area contributed by atoms with E-state index in [4.69, 9.17) is 11.2 Å². The number of nitrogens with one attached hydrogen (secondary N) is 1. The molecule has 1 aliphatic heterocycles. The van der Waals surface area contributed by atoms with Gasteiger partial charge in [0.25, 0.3) is 5.56 Å². The van der Waals surface area contributed by atoms with E-state index in [0.29, 0.717) is 5.56 Å². The summed E-state index contributed by atoms with van der Waals surface area (Å²) in [6.45, 7) is 1.20. The van der Waals surface area contributed by atoms with Gasteiger partial charge in [-0.15, -0.1) is 6.42 Å². The van der Waals surface area contributed by atoms with Crippen LogP contribution in [0.4, 0.5) is 0 Å². The third kappa shape index (κ3) is 1.90. The molecule has 0 saturated carbocycles. The van der Waals surface area contributed by atoms with Crippen molar-refractivity contribution in [3.05, 3.63) is 44.8 Å². The number of hydrogen-bond acceptors (Lipinski definition) is 4. The fourth-order valence-corrected chi connectivity index (χ4v) is 1.67. The van der Waals surface area contributed by atoms with E-state index in [1.54, 1.807) is 13.0 Å². The number of aromatic amines is 1. The molecule has 1 unspecified atom stereocenters. The molecule has 0 radical (unpaired) electrons. The van der Waals surface area contributed by atoms with Gasteiger partial charge in [0.1, 0.15) is 0 Å². The highest BCUT2D eigenvalue weighted by atomic mass is 16.5. The van der Waals surface area contributed by atoms with Gasteiger partial charge in [-0.1, -0.05) is 5.92 Å². The Morgan fingerprint density at radius 1 is 1.67 bits per heavy atom. The summed E-state index contributed by atoms with van der Waals surface area (Å²) in [6.07, 6.45) is 9.01. The summed E-state index contributed by atoms with van der Waals surface area (Å²) in [5.74, 6) is 2.33. The van der Waals surface area contributed by atoms with Gasteiger partial charge >= 0.3 is 5.69 Å². The highest BCUT2D eigenvalue weighted by Gasteiger charge is 2.34. The van der Waals surface area contributed by atoms with Gasteiger partial charge in [-0.3, -0.25) is 14.3 Å². The van der Waals surface area contributed by atoms with Crippen molar-refractivity contribution in [2.75, 3.05) is 6.61 Å². The fourth-order valence-electron chi connectivity index (χ4n) is 1.67. The Kier molecular flexibility index (Phi) is 2.95. The highest BCUT2D eigenvalue weighted by Crippen LogP contribution is 2.27. The second-order valence-electron chi connectivity index (χ2n) is 4.04. The lowest BCUT2D eigenvalue weighted by atomic mass is 10.1. The Morgan fingerprint density at radius 2 is 2.39 bits per heavy atom. The number of H-pyrrole nitrogens is 1. The van der Waals surface area contributed by atoms with Gasteiger partial charge in [-0.25, -0.2) is 4.79 Å². The van der Waals surface area contributed by atoms with Crippen molar-refractivity contribution in [2.24, 2.45) is 0 Å². The van der Waals surface area contributed by atoms with E-state index in [9.17, 15) is 14.7 Å². The van der Waals surface area contributed by atoms with Crippen LogP contribution in [0.25, 0.3) is 0 Å². The largest absolute Gasteiger partial charge is 0.392 e. The van der Waals surface area contributed by atoms with E-state index in [-0.39, 0.29) is 6.61 Å². The molecule has 2 heterocycles. The zero-order chi connectivity index (χ0) is 13.3. The molecule has 0 amide bonds. The van der Waals surface area contributed by atoms with Crippen molar-refractivity contribution >= 4 is 0 Å². The molecule has 6 heteroatoms. The van der Waals surface area contributed by atoms with Crippen molar-refractivity contribution in [3.63, 3.8) is 0 Å². The normalized spacial score (nSPS) is 26.2. The van der Waals surface area contributed by atoms with E-state index in [2.05, 4.69) is 10.9 Å². The van der Waals surface area contributed by atoms with E-state index in [0.717, 1.165) is 0 Å². The number of aliphatic hydroxyl groups is 1. The molecule has 94 valence electrons. The Labute approximate surface area is 103 Å². The maximum Gasteiger partial charge on any atom is 0.330 e. The Hall–Kier alpha value is -2.10. The van der Waals surface area contributed by atoms with Crippen molar-refractivity contribution in [3.8, 4) is 12.3 Å². The first kappa shape index (κ1) is 12.4. The third-order valence-corrected chi connectivity index (χ3v) is 2.76. The van der Waals surface area contributed by atoms with Gasteiger partial charge in [0, 0.05) is 11.8 Å². The molecule has 1 aliphatic rings. The van der Waals surface area contributed by atoms with E-state index in [1.807, 2.05) is 0 Å². The lowest BCUT2D eigenvalue weighted by Gasteiger charge is -2.21. The Bertz CT molecular complexity index is 649. The van der Waals surface area contributed by atoms with Crippen LogP contribution in [-0.4, -0.2) is 26.9 Å². The molecule has 0 spiro atoms. The maximum atomic E-state index is 11.6. The van der Waals surface area contributed by atoms with E-state index < -0.39 is 23.1 Å². The average Bonchev–Trinajstić information content (AvgIpc) is 2.79. The number of terminal acetylenes is 1. The van der Waals surface area contributed by atoms with E-state index in [1.165, 1.54) is 16.8 Å². The first-order chi connectivity index (χ1) is 8.51. The van der Waals surface area contributed by atoms with Gasteiger partial charge in [0.05, 0.1) is 6.61 Å². The van der Waals surface area contributed by atoms with E-state index >= 15 is 0 Å². The van der Waals surface area contributed by atoms with Gasteiger partial charge in [0.15, 0.2) is 11.8 Å². The predicted octanol–water partition coefficient (Wildman–Crippen LogP) is -0.706. The number of nitrogens with zero attached hydrogens (tertiary/aromatic N) is 1. The number of aliphatic hydroxyl groups excluding tert-OH is 1. The lowest BCUT2D eigenvalue weighted by molar-refractivity contribution is -0.0503. The van der Waals surface area contributed by atoms with Crippen LogP contribution in [0.5, 0.6) is 0 Å². The molecular formula is C12H12N2O4. The molecule has 6 nitrogen and oxygen atoms in total. The number of hydrogen-bond donors (Lipinski definition) is 2. The summed E-state index contributed by atoms with van der Waals surface area (Å²) in [6, 6.07) is 0. The number of ether oxygens (including phenoxy) is 1. The van der Waals surface area contributed by atoms with Crippen LogP contribution in [0.2, 0.25) is 0 Å². The second kappa shape index (κ2) is 4.29. The molecule has 0 bridgehead atoms.